The van der Waals surface area contributed by atoms with Gasteiger partial charge in [-0.3, -0.25) is 4.79 Å². The van der Waals surface area contributed by atoms with E-state index in [-0.39, 0.29) is 12.0 Å². The maximum absolute atomic E-state index is 12.4. The fraction of sp³-hybridized carbons (Fsp3) is 0.824. The first-order chi connectivity index (χ1) is 11.5. The molecule has 1 unspecified atom stereocenters. The van der Waals surface area contributed by atoms with Gasteiger partial charge in [-0.1, -0.05) is 19.1 Å². The third-order valence-corrected chi connectivity index (χ3v) is 4.64. The molecule has 136 valence electrons. The van der Waals surface area contributed by atoms with Crippen LogP contribution in [0.2, 0.25) is 0 Å². The Labute approximate surface area is 144 Å². The minimum absolute atomic E-state index is 0.147. The van der Waals surface area contributed by atoms with Crippen molar-refractivity contribution in [2.24, 2.45) is 5.92 Å². The second-order valence-corrected chi connectivity index (χ2v) is 6.73. The monoisotopic (exact) mass is 337 g/mol. The van der Waals surface area contributed by atoms with Gasteiger partial charge in [-0.15, -0.1) is 5.10 Å². The Kier molecular flexibility index (Phi) is 7.17. The number of amides is 1. The van der Waals surface area contributed by atoms with E-state index in [0.29, 0.717) is 30.8 Å². The quantitative estimate of drug-likeness (QED) is 0.754. The molecule has 0 aromatic carbocycles. The Bertz CT molecular complexity index is 523. The minimum Gasteiger partial charge on any atom is -0.378 e. The summed E-state index contributed by atoms with van der Waals surface area (Å²) in [6, 6.07) is 0.337. The van der Waals surface area contributed by atoms with Crippen LogP contribution in [0.4, 0.5) is 0 Å². The van der Waals surface area contributed by atoms with Crippen LogP contribution in [0.3, 0.4) is 0 Å². The van der Waals surface area contributed by atoms with Crippen LogP contribution < -0.4 is 10.6 Å². The molecule has 7 heteroatoms. The molecule has 2 rings (SSSR count). The van der Waals surface area contributed by atoms with Crippen LogP contribution in [0.25, 0.3) is 0 Å². The lowest BCUT2D eigenvalue weighted by atomic mass is 10.0. The highest BCUT2D eigenvalue weighted by Gasteiger charge is 2.23. The van der Waals surface area contributed by atoms with Crippen LogP contribution in [0, 0.1) is 12.8 Å². The van der Waals surface area contributed by atoms with E-state index < -0.39 is 0 Å². The third-order valence-electron chi connectivity index (χ3n) is 4.64. The van der Waals surface area contributed by atoms with Gasteiger partial charge in [0.05, 0.1) is 17.8 Å². The molecule has 0 radical (unpaired) electrons. The molecule has 2 heterocycles. The number of carbonyl (C=O) groups excluding carboxylic acids is 1. The summed E-state index contributed by atoms with van der Waals surface area (Å²) in [7, 11) is 0. The molecule has 7 nitrogen and oxygen atoms in total. The highest BCUT2D eigenvalue weighted by molar-refractivity contribution is 5.93. The van der Waals surface area contributed by atoms with Crippen molar-refractivity contribution < 1.29 is 9.53 Å². The van der Waals surface area contributed by atoms with Gasteiger partial charge in [0, 0.05) is 13.2 Å². The number of carbonyl (C=O) groups is 1. The van der Waals surface area contributed by atoms with Crippen molar-refractivity contribution in [2.75, 3.05) is 26.2 Å². The summed E-state index contributed by atoms with van der Waals surface area (Å²) in [6.07, 6.45) is 3.02. The molecule has 0 bridgehead atoms. The third kappa shape index (κ3) is 4.77. The van der Waals surface area contributed by atoms with Gasteiger partial charge >= 0.3 is 0 Å². The van der Waals surface area contributed by atoms with Crippen molar-refractivity contribution in [1.29, 1.82) is 0 Å². The van der Waals surface area contributed by atoms with Gasteiger partial charge in [0.2, 0.25) is 0 Å². The Morgan fingerprint density at radius 1 is 1.42 bits per heavy atom. The van der Waals surface area contributed by atoms with E-state index in [2.05, 4.69) is 34.8 Å². The van der Waals surface area contributed by atoms with Crippen LogP contribution >= 0.6 is 0 Å². The van der Waals surface area contributed by atoms with Crippen molar-refractivity contribution in [1.82, 2.24) is 25.6 Å². The molecule has 0 aliphatic carbocycles. The van der Waals surface area contributed by atoms with Gasteiger partial charge < -0.3 is 15.4 Å². The van der Waals surface area contributed by atoms with Crippen LogP contribution in [-0.2, 0) is 4.74 Å². The molecule has 1 aliphatic heterocycles. The standard InChI is InChI=1S/C17H31N5O2/c1-5-24-15(12(2)3)8-11-19-17(23)16-13(4)22(21-20-16)14-6-9-18-10-7-14/h12,14-15,18H,5-11H2,1-4H3,(H,19,23). The van der Waals surface area contributed by atoms with E-state index in [1.54, 1.807) is 0 Å². The van der Waals surface area contributed by atoms with Gasteiger partial charge in [0.1, 0.15) is 0 Å². The number of hydrogen-bond acceptors (Lipinski definition) is 5. The lowest BCUT2D eigenvalue weighted by molar-refractivity contribution is 0.0251. The fourth-order valence-electron chi connectivity index (χ4n) is 3.18. The maximum atomic E-state index is 12.4. The predicted molar refractivity (Wildman–Crippen MR) is 93.1 cm³/mol. The van der Waals surface area contributed by atoms with E-state index >= 15 is 0 Å². The Hall–Kier alpha value is -1.47. The van der Waals surface area contributed by atoms with E-state index in [0.717, 1.165) is 38.0 Å². The Morgan fingerprint density at radius 3 is 2.75 bits per heavy atom. The zero-order chi connectivity index (χ0) is 17.5. The van der Waals surface area contributed by atoms with Crippen molar-refractivity contribution >= 4 is 5.91 Å². The van der Waals surface area contributed by atoms with E-state index in [4.69, 9.17) is 4.74 Å². The highest BCUT2D eigenvalue weighted by Crippen LogP contribution is 2.20. The minimum atomic E-state index is -0.147. The molecular weight excluding hydrogens is 306 g/mol. The summed E-state index contributed by atoms with van der Waals surface area (Å²) in [5, 5.41) is 14.6. The number of ether oxygens (including phenoxy) is 1. The zero-order valence-electron chi connectivity index (χ0n) is 15.3. The number of hydrogen-bond donors (Lipinski definition) is 2. The molecule has 24 heavy (non-hydrogen) atoms. The first-order valence-corrected chi connectivity index (χ1v) is 9.06. The largest absolute Gasteiger partial charge is 0.378 e. The first kappa shape index (κ1) is 18.9. The molecule has 1 atom stereocenters. The SMILES string of the molecule is CCOC(CCNC(=O)c1nnn(C2CCNCC2)c1C)C(C)C. The Morgan fingerprint density at radius 2 is 2.12 bits per heavy atom. The molecule has 2 N–H and O–H groups in total. The first-order valence-electron chi connectivity index (χ1n) is 9.06. The van der Waals surface area contributed by atoms with E-state index in [9.17, 15) is 4.79 Å². The molecule has 1 saturated heterocycles. The highest BCUT2D eigenvalue weighted by atomic mass is 16.5. The van der Waals surface area contributed by atoms with Gasteiger partial charge in [-0.2, -0.15) is 0 Å². The number of piperidine rings is 1. The molecule has 1 aromatic heterocycles. The van der Waals surface area contributed by atoms with Crippen LogP contribution in [0.1, 0.15) is 62.3 Å². The zero-order valence-corrected chi connectivity index (χ0v) is 15.3. The molecular formula is C17H31N5O2. The van der Waals surface area contributed by atoms with Crippen molar-refractivity contribution in [3.05, 3.63) is 11.4 Å². The number of nitrogens with one attached hydrogen (secondary N) is 2. The van der Waals surface area contributed by atoms with Crippen molar-refractivity contribution in [3.63, 3.8) is 0 Å². The van der Waals surface area contributed by atoms with E-state index in [1.807, 2.05) is 18.5 Å². The van der Waals surface area contributed by atoms with Crippen LogP contribution in [0.5, 0.6) is 0 Å². The fourth-order valence-corrected chi connectivity index (χ4v) is 3.18. The molecule has 1 fully saturated rings. The summed E-state index contributed by atoms with van der Waals surface area (Å²) in [5.41, 5.74) is 1.29. The van der Waals surface area contributed by atoms with Crippen molar-refractivity contribution in [2.45, 2.75) is 59.1 Å². The number of nitrogens with zero attached hydrogens (tertiary/aromatic N) is 3. The average molecular weight is 337 g/mol. The summed E-state index contributed by atoms with van der Waals surface area (Å²) in [4.78, 5) is 12.4. The molecule has 1 aliphatic rings. The second kappa shape index (κ2) is 9.13. The topological polar surface area (TPSA) is 81.1 Å². The van der Waals surface area contributed by atoms with E-state index in [1.165, 1.54) is 0 Å². The summed E-state index contributed by atoms with van der Waals surface area (Å²) >= 11 is 0. The molecule has 0 saturated carbocycles. The number of rotatable bonds is 8. The average Bonchev–Trinajstić information content (AvgIpc) is 2.96. The lowest BCUT2D eigenvalue weighted by Crippen LogP contribution is -2.31. The van der Waals surface area contributed by atoms with Crippen molar-refractivity contribution in [3.8, 4) is 0 Å². The second-order valence-electron chi connectivity index (χ2n) is 6.73. The van der Waals surface area contributed by atoms with Gasteiger partial charge in [0.15, 0.2) is 5.69 Å². The van der Waals surface area contributed by atoms with Gasteiger partial charge in [0.25, 0.3) is 5.91 Å². The lowest BCUT2D eigenvalue weighted by Gasteiger charge is -2.23. The predicted octanol–water partition coefficient (Wildman–Crippen LogP) is 1.69. The van der Waals surface area contributed by atoms with Gasteiger partial charge in [-0.25, -0.2) is 4.68 Å². The summed E-state index contributed by atoms with van der Waals surface area (Å²) in [6.45, 7) is 11.4. The number of aromatic nitrogens is 3. The molecule has 0 spiro atoms. The molecule has 1 aromatic rings. The van der Waals surface area contributed by atoms with Gasteiger partial charge in [-0.05, 0) is 52.1 Å². The summed E-state index contributed by atoms with van der Waals surface area (Å²) in [5.74, 6) is 0.288. The van der Waals surface area contributed by atoms with Crippen LogP contribution in [0.15, 0.2) is 0 Å². The summed E-state index contributed by atoms with van der Waals surface area (Å²) < 4.78 is 7.62. The smallest absolute Gasteiger partial charge is 0.273 e. The normalized spacial score (nSPS) is 17.2. The Balaban J connectivity index is 1.89. The maximum Gasteiger partial charge on any atom is 0.273 e. The van der Waals surface area contributed by atoms with Crippen LogP contribution in [-0.4, -0.2) is 53.2 Å². The molecule has 1 amide bonds.